The third-order valence-corrected chi connectivity index (χ3v) is 2.88. The molecule has 0 amide bonds. The van der Waals surface area contributed by atoms with Crippen LogP contribution >= 0.6 is 0 Å². The molecule has 0 aromatic rings. The molecule has 1 nitrogen and oxygen atoms in total. The van der Waals surface area contributed by atoms with Gasteiger partial charge in [-0.15, -0.1) is 0 Å². The topological polar surface area (TPSA) is 12.0 Å². The minimum Gasteiger partial charge on any atom is -0.316 e. The van der Waals surface area contributed by atoms with Crippen LogP contribution < -0.4 is 5.32 Å². The van der Waals surface area contributed by atoms with E-state index in [4.69, 9.17) is 0 Å². The Morgan fingerprint density at radius 3 is 2.15 bits per heavy atom. The third kappa shape index (κ3) is 4.47. The highest BCUT2D eigenvalue weighted by Crippen LogP contribution is 2.15. The minimum absolute atomic E-state index is 0.619. The number of hydrogen-bond donors (Lipinski definition) is 1. The van der Waals surface area contributed by atoms with E-state index in [1.54, 1.807) is 0 Å². The number of rotatable bonds is 5. The van der Waals surface area contributed by atoms with E-state index in [9.17, 15) is 0 Å². The molecular formula is C12H25N. The van der Waals surface area contributed by atoms with Gasteiger partial charge in [-0.05, 0) is 32.2 Å². The molecule has 0 aliphatic carbocycles. The van der Waals surface area contributed by atoms with Crippen molar-refractivity contribution < 1.29 is 0 Å². The van der Waals surface area contributed by atoms with E-state index in [1.807, 2.05) is 7.05 Å². The summed E-state index contributed by atoms with van der Waals surface area (Å²) in [4.78, 5) is 0. The van der Waals surface area contributed by atoms with Crippen LogP contribution in [0.1, 0.15) is 41.0 Å². The quantitative estimate of drug-likeness (QED) is 0.645. The number of nitrogens with one attached hydrogen (secondary N) is 1. The summed E-state index contributed by atoms with van der Waals surface area (Å²) in [7, 11) is 2.04. The van der Waals surface area contributed by atoms with Crippen LogP contribution in [0.4, 0.5) is 0 Å². The van der Waals surface area contributed by atoms with Crippen LogP contribution in [0.5, 0.6) is 0 Å². The molecule has 0 heterocycles. The van der Waals surface area contributed by atoms with Gasteiger partial charge in [-0.2, -0.15) is 0 Å². The lowest BCUT2D eigenvalue weighted by Gasteiger charge is -2.20. The summed E-state index contributed by atoms with van der Waals surface area (Å²) in [5.41, 5.74) is 1.50. The van der Waals surface area contributed by atoms with Crippen molar-refractivity contribution >= 4 is 0 Å². The van der Waals surface area contributed by atoms with Gasteiger partial charge in [0.25, 0.3) is 0 Å². The normalized spacial score (nSPS) is 17.6. The van der Waals surface area contributed by atoms with E-state index >= 15 is 0 Å². The lowest BCUT2D eigenvalue weighted by molar-refractivity contribution is 0.446. The molecule has 1 heteroatoms. The van der Waals surface area contributed by atoms with Crippen molar-refractivity contribution in [1.82, 2.24) is 5.32 Å². The lowest BCUT2D eigenvalue weighted by Crippen LogP contribution is -2.30. The fraction of sp³-hybridized carbons (Fsp3) is 0.833. The highest BCUT2D eigenvalue weighted by molar-refractivity contribution is 5.04. The molecule has 0 rings (SSSR count). The number of hydrogen-bond acceptors (Lipinski definition) is 1. The standard InChI is InChI=1S/C12H25N/c1-7-12(13-6)11(5)8-10(4)9(2)3/h8-9,11-13H,7H2,1-6H3/b10-8+. The summed E-state index contributed by atoms with van der Waals surface area (Å²) in [6.45, 7) is 11.2. The predicted octanol–water partition coefficient (Wildman–Crippen LogP) is 3.22. The van der Waals surface area contributed by atoms with E-state index in [-0.39, 0.29) is 0 Å². The van der Waals surface area contributed by atoms with Gasteiger partial charge in [-0.3, -0.25) is 0 Å². The van der Waals surface area contributed by atoms with Crippen LogP contribution in [-0.4, -0.2) is 13.1 Å². The maximum Gasteiger partial charge on any atom is 0.0122 e. The molecule has 0 aliphatic heterocycles. The van der Waals surface area contributed by atoms with Crippen molar-refractivity contribution in [3.8, 4) is 0 Å². The van der Waals surface area contributed by atoms with Crippen molar-refractivity contribution in [3.05, 3.63) is 11.6 Å². The molecule has 2 atom stereocenters. The second-order valence-electron chi connectivity index (χ2n) is 4.23. The summed E-state index contributed by atoms with van der Waals surface area (Å²) >= 11 is 0. The molecule has 0 aromatic carbocycles. The van der Waals surface area contributed by atoms with Gasteiger partial charge in [-0.25, -0.2) is 0 Å². The molecule has 0 fully saturated rings. The van der Waals surface area contributed by atoms with Gasteiger partial charge in [0.2, 0.25) is 0 Å². The van der Waals surface area contributed by atoms with Crippen molar-refractivity contribution in [1.29, 1.82) is 0 Å². The van der Waals surface area contributed by atoms with Crippen LogP contribution in [-0.2, 0) is 0 Å². The van der Waals surface area contributed by atoms with E-state index in [2.05, 4.69) is 46.0 Å². The van der Waals surface area contributed by atoms with Gasteiger partial charge in [0.05, 0.1) is 0 Å². The van der Waals surface area contributed by atoms with Crippen LogP contribution in [0.25, 0.3) is 0 Å². The highest BCUT2D eigenvalue weighted by atomic mass is 14.9. The SMILES string of the molecule is CCC(NC)C(C)/C=C(\C)C(C)C. The van der Waals surface area contributed by atoms with Gasteiger partial charge in [0.1, 0.15) is 0 Å². The highest BCUT2D eigenvalue weighted by Gasteiger charge is 2.11. The molecule has 0 aromatic heterocycles. The first-order valence-electron chi connectivity index (χ1n) is 5.38. The van der Waals surface area contributed by atoms with Gasteiger partial charge >= 0.3 is 0 Å². The largest absolute Gasteiger partial charge is 0.316 e. The molecule has 1 N–H and O–H groups in total. The van der Waals surface area contributed by atoms with E-state index in [1.165, 1.54) is 12.0 Å². The second kappa shape index (κ2) is 6.20. The summed E-state index contributed by atoms with van der Waals surface area (Å²) in [5, 5.41) is 3.35. The minimum atomic E-state index is 0.619. The zero-order valence-electron chi connectivity index (χ0n) is 10.0. The smallest absolute Gasteiger partial charge is 0.0122 e. The first kappa shape index (κ1) is 12.7. The molecular weight excluding hydrogens is 158 g/mol. The summed E-state index contributed by atoms with van der Waals surface area (Å²) < 4.78 is 0. The Kier molecular flexibility index (Phi) is 6.06. The Morgan fingerprint density at radius 1 is 1.31 bits per heavy atom. The fourth-order valence-electron chi connectivity index (χ4n) is 1.56. The molecule has 0 aliphatic rings. The predicted molar refractivity (Wildman–Crippen MR) is 60.9 cm³/mol. The van der Waals surface area contributed by atoms with Crippen LogP contribution in [0.2, 0.25) is 0 Å². The second-order valence-corrected chi connectivity index (χ2v) is 4.23. The van der Waals surface area contributed by atoms with E-state index < -0.39 is 0 Å². The van der Waals surface area contributed by atoms with Gasteiger partial charge < -0.3 is 5.32 Å². The first-order chi connectivity index (χ1) is 6.02. The van der Waals surface area contributed by atoms with E-state index in [0.717, 1.165) is 0 Å². The van der Waals surface area contributed by atoms with Gasteiger partial charge in [-0.1, -0.05) is 39.3 Å². The average Bonchev–Trinajstić information content (AvgIpc) is 2.06. The Bertz CT molecular complexity index is 155. The first-order valence-corrected chi connectivity index (χ1v) is 5.38. The molecule has 0 saturated heterocycles. The summed E-state index contributed by atoms with van der Waals surface area (Å²) in [6.07, 6.45) is 3.59. The van der Waals surface area contributed by atoms with Gasteiger partial charge in [0.15, 0.2) is 0 Å². The molecule has 0 bridgehead atoms. The van der Waals surface area contributed by atoms with E-state index in [0.29, 0.717) is 17.9 Å². The molecule has 13 heavy (non-hydrogen) atoms. The van der Waals surface area contributed by atoms with Crippen molar-refractivity contribution in [3.63, 3.8) is 0 Å². The molecule has 0 spiro atoms. The average molecular weight is 183 g/mol. The fourth-order valence-corrected chi connectivity index (χ4v) is 1.56. The monoisotopic (exact) mass is 183 g/mol. The van der Waals surface area contributed by atoms with Crippen LogP contribution in [0, 0.1) is 11.8 Å². The summed E-state index contributed by atoms with van der Waals surface area (Å²) in [6, 6.07) is 0.619. The Hall–Kier alpha value is -0.300. The van der Waals surface area contributed by atoms with Crippen LogP contribution in [0.15, 0.2) is 11.6 Å². The van der Waals surface area contributed by atoms with Crippen molar-refractivity contribution in [2.45, 2.75) is 47.1 Å². The maximum atomic E-state index is 3.35. The Labute approximate surface area is 83.6 Å². The van der Waals surface area contributed by atoms with Gasteiger partial charge in [0, 0.05) is 6.04 Å². The number of allylic oxidation sites excluding steroid dienone is 1. The third-order valence-electron chi connectivity index (χ3n) is 2.88. The Balaban J connectivity index is 4.25. The van der Waals surface area contributed by atoms with Crippen LogP contribution in [0.3, 0.4) is 0 Å². The zero-order valence-corrected chi connectivity index (χ0v) is 10.0. The van der Waals surface area contributed by atoms with Crippen molar-refractivity contribution in [2.24, 2.45) is 11.8 Å². The summed E-state index contributed by atoms with van der Waals surface area (Å²) in [5.74, 6) is 1.31. The molecule has 0 radical (unpaired) electrons. The molecule has 78 valence electrons. The molecule has 0 saturated carbocycles. The van der Waals surface area contributed by atoms with Crippen molar-refractivity contribution in [2.75, 3.05) is 7.05 Å². The molecule has 2 unspecified atom stereocenters. The lowest BCUT2D eigenvalue weighted by atomic mass is 9.94. The Morgan fingerprint density at radius 2 is 1.85 bits per heavy atom. The maximum absolute atomic E-state index is 3.35. The zero-order chi connectivity index (χ0) is 10.4.